The third-order valence-corrected chi connectivity index (χ3v) is 4.60. The lowest BCUT2D eigenvalue weighted by atomic mass is 10.1. The molecule has 0 radical (unpaired) electrons. The van der Waals surface area contributed by atoms with Crippen molar-refractivity contribution >= 4 is 17.6 Å². The summed E-state index contributed by atoms with van der Waals surface area (Å²) >= 11 is 0. The smallest absolute Gasteiger partial charge is 0.130 e. The number of anilines is 2. The third-order valence-electron chi connectivity index (χ3n) is 4.60. The predicted octanol–water partition coefficient (Wildman–Crippen LogP) is 4.87. The third kappa shape index (κ3) is 4.74. The largest absolute Gasteiger partial charge is 0.372 e. The molecule has 0 saturated carbocycles. The Hall–Kier alpha value is -3.11. The van der Waals surface area contributed by atoms with Gasteiger partial charge in [0.05, 0.1) is 12.7 Å². The molecule has 0 amide bonds. The minimum atomic E-state index is 0.0862. The molecule has 2 heterocycles. The number of aromatic nitrogens is 1. The maximum Gasteiger partial charge on any atom is 0.130 e. The second-order valence-electron chi connectivity index (χ2n) is 6.54. The lowest BCUT2D eigenvalue weighted by Gasteiger charge is -2.32. The zero-order chi connectivity index (χ0) is 18.3. The van der Waals surface area contributed by atoms with Gasteiger partial charge in [-0.1, -0.05) is 48.5 Å². The summed E-state index contributed by atoms with van der Waals surface area (Å²) in [7, 11) is 0. The fraction of sp³-hybridized carbons (Fsp3) is 0.174. The van der Waals surface area contributed by atoms with Gasteiger partial charge in [0, 0.05) is 25.0 Å². The van der Waals surface area contributed by atoms with Crippen molar-refractivity contribution < 1.29 is 4.74 Å². The fourth-order valence-electron chi connectivity index (χ4n) is 3.13. The van der Waals surface area contributed by atoms with Crippen LogP contribution in [0.15, 0.2) is 85.2 Å². The van der Waals surface area contributed by atoms with E-state index >= 15 is 0 Å². The van der Waals surface area contributed by atoms with Gasteiger partial charge in [-0.2, -0.15) is 0 Å². The molecule has 27 heavy (non-hydrogen) atoms. The van der Waals surface area contributed by atoms with E-state index in [-0.39, 0.29) is 6.10 Å². The molecule has 4 nitrogen and oxygen atoms in total. The highest BCUT2D eigenvalue weighted by molar-refractivity contribution is 5.56. The van der Waals surface area contributed by atoms with Crippen LogP contribution in [0.5, 0.6) is 0 Å². The average Bonchev–Trinajstić information content (AvgIpc) is 2.75. The molecule has 1 fully saturated rings. The van der Waals surface area contributed by atoms with E-state index in [9.17, 15) is 0 Å². The summed E-state index contributed by atoms with van der Waals surface area (Å²) in [5.41, 5.74) is 3.43. The second kappa shape index (κ2) is 8.52. The summed E-state index contributed by atoms with van der Waals surface area (Å²) in [5.74, 6) is 0.844. The first-order chi connectivity index (χ1) is 13.4. The number of hydrogen-bond donors (Lipinski definition) is 1. The van der Waals surface area contributed by atoms with Gasteiger partial charge in [-0.25, -0.2) is 4.98 Å². The topological polar surface area (TPSA) is 37.4 Å². The van der Waals surface area contributed by atoms with E-state index in [1.54, 1.807) is 6.20 Å². The highest BCUT2D eigenvalue weighted by atomic mass is 16.5. The van der Waals surface area contributed by atoms with E-state index in [4.69, 9.17) is 4.74 Å². The lowest BCUT2D eigenvalue weighted by Crippen LogP contribution is -2.34. The van der Waals surface area contributed by atoms with Crippen LogP contribution in [0.2, 0.25) is 0 Å². The fourth-order valence-corrected chi connectivity index (χ4v) is 3.13. The Balaban J connectivity index is 1.38. The monoisotopic (exact) mass is 357 g/mol. The summed E-state index contributed by atoms with van der Waals surface area (Å²) < 4.78 is 6.00. The van der Waals surface area contributed by atoms with Gasteiger partial charge in [-0.05, 0) is 47.7 Å². The molecule has 4 heteroatoms. The van der Waals surface area contributed by atoms with Crippen LogP contribution in [0, 0.1) is 0 Å². The molecule has 1 aromatic heterocycles. The van der Waals surface area contributed by atoms with Crippen molar-refractivity contribution in [2.24, 2.45) is 0 Å². The molecule has 3 aromatic rings. The minimum absolute atomic E-state index is 0.0862. The molecule has 0 bridgehead atoms. The molecule has 0 unspecified atom stereocenters. The first kappa shape index (κ1) is 17.3. The van der Waals surface area contributed by atoms with E-state index in [1.165, 1.54) is 11.1 Å². The number of morpholine rings is 1. The molecule has 0 aliphatic carbocycles. The normalized spacial score (nSPS) is 17.2. The van der Waals surface area contributed by atoms with Crippen LogP contribution in [0.1, 0.15) is 17.2 Å². The van der Waals surface area contributed by atoms with Crippen molar-refractivity contribution in [2.75, 3.05) is 25.0 Å². The van der Waals surface area contributed by atoms with Crippen LogP contribution < -0.4 is 5.32 Å². The van der Waals surface area contributed by atoms with E-state index in [0.717, 1.165) is 31.2 Å². The molecule has 1 N–H and O–H groups in total. The maximum absolute atomic E-state index is 6.00. The maximum atomic E-state index is 6.00. The van der Waals surface area contributed by atoms with Crippen LogP contribution in [0.3, 0.4) is 0 Å². The first-order valence-corrected chi connectivity index (χ1v) is 9.24. The molecule has 136 valence electrons. The molecular weight excluding hydrogens is 334 g/mol. The van der Waals surface area contributed by atoms with E-state index < -0.39 is 0 Å². The quantitative estimate of drug-likeness (QED) is 0.707. The molecule has 1 aliphatic rings. The molecule has 4 rings (SSSR count). The number of nitrogens with zero attached hydrogens (tertiary/aromatic N) is 2. The van der Waals surface area contributed by atoms with Crippen LogP contribution in [-0.2, 0) is 4.74 Å². The lowest BCUT2D eigenvalue weighted by molar-refractivity contribution is -0.0135. The van der Waals surface area contributed by atoms with E-state index in [0.29, 0.717) is 0 Å². The van der Waals surface area contributed by atoms with Gasteiger partial charge in [-0.3, -0.25) is 0 Å². The second-order valence-corrected chi connectivity index (χ2v) is 6.54. The van der Waals surface area contributed by atoms with Gasteiger partial charge >= 0.3 is 0 Å². The van der Waals surface area contributed by atoms with Crippen molar-refractivity contribution in [1.82, 2.24) is 9.88 Å². The van der Waals surface area contributed by atoms with Gasteiger partial charge in [0.25, 0.3) is 0 Å². The Morgan fingerprint density at radius 3 is 2.56 bits per heavy atom. The molecule has 2 aromatic carbocycles. The first-order valence-electron chi connectivity index (χ1n) is 9.24. The molecule has 0 spiro atoms. The number of hydrogen-bond acceptors (Lipinski definition) is 4. The Morgan fingerprint density at radius 1 is 0.963 bits per heavy atom. The highest BCUT2D eigenvalue weighted by Crippen LogP contribution is 2.25. The summed E-state index contributed by atoms with van der Waals surface area (Å²) in [5, 5.41) is 3.31. The Bertz CT molecular complexity index is 863. The number of benzene rings is 2. The van der Waals surface area contributed by atoms with Crippen molar-refractivity contribution in [1.29, 1.82) is 0 Å². The van der Waals surface area contributed by atoms with Gasteiger partial charge < -0.3 is 15.0 Å². The van der Waals surface area contributed by atoms with E-state index in [1.807, 2.05) is 24.3 Å². The SMILES string of the molecule is C(=CN1CCO[C@@H](c2ccc(Nc3ccccn3)cc2)C1)c1ccccc1. The van der Waals surface area contributed by atoms with Crippen LogP contribution >= 0.6 is 0 Å². The molecule has 1 saturated heterocycles. The van der Waals surface area contributed by atoms with Crippen molar-refractivity contribution in [3.63, 3.8) is 0 Å². The average molecular weight is 357 g/mol. The zero-order valence-electron chi connectivity index (χ0n) is 15.2. The Morgan fingerprint density at radius 2 is 1.78 bits per heavy atom. The van der Waals surface area contributed by atoms with Crippen LogP contribution in [0.4, 0.5) is 11.5 Å². The van der Waals surface area contributed by atoms with Gasteiger partial charge in [0.15, 0.2) is 0 Å². The van der Waals surface area contributed by atoms with Gasteiger partial charge in [0.2, 0.25) is 0 Å². The Labute approximate surface area is 160 Å². The summed E-state index contributed by atoms with van der Waals surface area (Å²) in [4.78, 5) is 6.61. The molecule has 1 atom stereocenters. The van der Waals surface area contributed by atoms with Crippen LogP contribution in [-0.4, -0.2) is 29.6 Å². The molecular formula is C23H23N3O. The minimum Gasteiger partial charge on any atom is -0.372 e. The van der Waals surface area contributed by atoms with Crippen molar-refractivity contribution in [2.45, 2.75) is 6.10 Å². The summed E-state index contributed by atoms with van der Waals surface area (Å²) in [6.07, 6.45) is 6.19. The van der Waals surface area contributed by atoms with Gasteiger partial charge in [-0.15, -0.1) is 0 Å². The predicted molar refractivity (Wildman–Crippen MR) is 110 cm³/mol. The number of rotatable bonds is 5. The number of pyridine rings is 1. The highest BCUT2D eigenvalue weighted by Gasteiger charge is 2.19. The number of nitrogens with one attached hydrogen (secondary N) is 1. The summed E-state index contributed by atoms with van der Waals surface area (Å²) in [6.45, 7) is 2.51. The number of ether oxygens (including phenoxy) is 1. The van der Waals surface area contributed by atoms with Gasteiger partial charge in [0.1, 0.15) is 5.82 Å². The standard InChI is InChI=1S/C23H23N3O/c1-2-6-19(7-3-1)13-15-26-16-17-27-22(18-26)20-9-11-21(12-10-20)25-23-8-4-5-14-24-23/h1-15,22H,16-18H2,(H,24,25)/t22-/m1/s1. The Kier molecular flexibility index (Phi) is 5.46. The van der Waals surface area contributed by atoms with Crippen LogP contribution in [0.25, 0.3) is 6.08 Å². The summed E-state index contributed by atoms with van der Waals surface area (Å²) in [6, 6.07) is 24.6. The zero-order valence-corrected chi connectivity index (χ0v) is 15.2. The van der Waals surface area contributed by atoms with Crippen molar-refractivity contribution in [3.8, 4) is 0 Å². The molecule has 1 aliphatic heterocycles. The van der Waals surface area contributed by atoms with E-state index in [2.05, 4.69) is 76.0 Å². The van der Waals surface area contributed by atoms with Crippen molar-refractivity contribution in [3.05, 3.63) is 96.3 Å².